The molecule has 0 spiro atoms. The predicted molar refractivity (Wildman–Crippen MR) is 147 cm³/mol. The molecule has 0 radical (unpaired) electrons. The van der Waals surface area contributed by atoms with Crippen LogP contribution in [-0.4, -0.2) is 59.8 Å². The summed E-state index contributed by atoms with van der Waals surface area (Å²) in [7, 11) is 0. The number of fused-ring (bicyclic) bond motifs is 4. The van der Waals surface area contributed by atoms with Crippen molar-refractivity contribution in [3.05, 3.63) is 95.6 Å². The molecule has 3 aromatic rings. The van der Waals surface area contributed by atoms with Crippen LogP contribution in [-0.2, 0) is 25.7 Å². The second-order valence-corrected chi connectivity index (χ2v) is 10.9. The summed E-state index contributed by atoms with van der Waals surface area (Å²) in [6.07, 6.45) is -1.33. The Kier molecular flexibility index (Phi) is 7.02. The summed E-state index contributed by atoms with van der Waals surface area (Å²) < 4.78 is 11.7. The fourth-order valence-corrected chi connectivity index (χ4v) is 6.31. The molecule has 3 aromatic carbocycles. The first-order chi connectivity index (χ1) is 19.4. The van der Waals surface area contributed by atoms with E-state index in [1.165, 1.54) is 0 Å². The second-order valence-electron chi connectivity index (χ2n) is 10.9. The van der Waals surface area contributed by atoms with Crippen molar-refractivity contribution in [2.24, 2.45) is 17.8 Å². The topological polar surface area (TPSA) is 105 Å². The van der Waals surface area contributed by atoms with Gasteiger partial charge in [0.05, 0.1) is 18.6 Å². The number of piperidine rings is 1. The van der Waals surface area contributed by atoms with Crippen LogP contribution in [0.25, 0.3) is 11.1 Å². The average molecular weight is 541 g/mol. The summed E-state index contributed by atoms with van der Waals surface area (Å²) in [6, 6.07) is 24.8. The Morgan fingerprint density at radius 1 is 0.900 bits per heavy atom. The van der Waals surface area contributed by atoms with E-state index in [1.54, 1.807) is 11.8 Å². The molecule has 0 aromatic heterocycles. The lowest BCUT2D eigenvalue weighted by molar-refractivity contribution is -0.142. The molecule has 1 saturated heterocycles. The Balaban J connectivity index is 1.13. The number of aliphatic carboxylic acids is 1. The Morgan fingerprint density at radius 3 is 2.08 bits per heavy atom. The molecule has 2 N–H and O–H groups in total. The van der Waals surface area contributed by atoms with Gasteiger partial charge in [-0.25, -0.2) is 4.79 Å². The van der Waals surface area contributed by atoms with Crippen LogP contribution in [0.1, 0.15) is 29.5 Å². The van der Waals surface area contributed by atoms with Crippen LogP contribution < -0.4 is 5.32 Å². The van der Waals surface area contributed by atoms with Crippen molar-refractivity contribution in [1.29, 1.82) is 0 Å². The molecule has 0 bridgehead atoms. The number of carboxylic acid groups (broad SMARTS) is 1. The summed E-state index contributed by atoms with van der Waals surface area (Å²) in [5.74, 6) is -1.64. The summed E-state index contributed by atoms with van der Waals surface area (Å²) >= 11 is 0. The van der Waals surface area contributed by atoms with E-state index in [1.807, 2.05) is 54.6 Å². The maximum absolute atomic E-state index is 13.6. The van der Waals surface area contributed by atoms with Crippen molar-refractivity contribution in [3.63, 3.8) is 0 Å². The van der Waals surface area contributed by atoms with E-state index in [9.17, 15) is 19.5 Å². The highest BCUT2D eigenvalue weighted by Gasteiger charge is 2.61. The molecule has 40 heavy (non-hydrogen) atoms. The molecule has 1 saturated carbocycles. The Bertz CT molecular complexity index is 1370. The van der Waals surface area contributed by atoms with Crippen LogP contribution >= 0.6 is 0 Å². The summed E-state index contributed by atoms with van der Waals surface area (Å²) in [5, 5.41) is 12.1. The Labute approximate surface area is 232 Å². The van der Waals surface area contributed by atoms with Gasteiger partial charge in [0.1, 0.15) is 12.6 Å². The van der Waals surface area contributed by atoms with Gasteiger partial charge < -0.3 is 24.8 Å². The second kappa shape index (κ2) is 10.8. The largest absolute Gasteiger partial charge is 0.481 e. The number of carboxylic acids is 1. The van der Waals surface area contributed by atoms with E-state index in [4.69, 9.17) is 9.47 Å². The number of nitrogens with zero attached hydrogens (tertiary/aromatic N) is 1. The smallest absolute Gasteiger partial charge is 0.407 e. The van der Waals surface area contributed by atoms with E-state index in [0.29, 0.717) is 13.1 Å². The highest BCUT2D eigenvalue weighted by Crippen LogP contribution is 2.52. The van der Waals surface area contributed by atoms with E-state index in [-0.39, 0.29) is 42.8 Å². The zero-order chi connectivity index (χ0) is 27.8. The zero-order valence-electron chi connectivity index (χ0n) is 22.2. The molecule has 1 aliphatic heterocycles. The minimum Gasteiger partial charge on any atom is -0.481 e. The number of alkyl carbamates (subject to hydrolysis) is 1. The minimum atomic E-state index is -0.972. The lowest BCUT2D eigenvalue weighted by Gasteiger charge is -2.29. The third-order valence-electron chi connectivity index (χ3n) is 8.50. The number of hydrogen-bond donors (Lipinski definition) is 2. The third kappa shape index (κ3) is 4.95. The van der Waals surface area contributed by atoms with Gasteiger partial charge in [-0.1, -0.05) is 78.9 Å². The number of ether oxygens (including phenoxy) is 2. The molecule has 8 heteroatoms. The van der Waals surface area contributed by atoms with Crippen molar-refractivity contribution in [2.75, 3.05) is 19.7 Å². The molecular weight excluding hydrogens is 508 g/mol. The monoisotopic (exact) mass is 540 g/mol. The molecule has 206 valence electrons. The lowest BCUT2D eigenvalue weighted by atomic mass is 9.98. The number of nitrogens with one attached hydrogen (secondary N) is 1. The van der Waals surface area contributed by atoms with E-state index < -0.39 is 24.2 Å². The van der Waals surface area contributed by atoms with Crippen LogP contribution in [0.3, 0.4) is 0 Å². The van der Waals surface area contributed by atoms with Gasteiger partial charge in [-0.2, -0.15) is 0 Å². The highest BCUT2D eigenvalue weighted by atomic mass is 16.5. The van der Waals surface area contributed by atoms with Gasteiger partial charge in [-0.05, 0) is 46.6 Å². The number of carbonyl (C=O) groups excluding carboxylic acids is 2. The summed E-state index contributed by atoms with van der Waals surface area (Å²) in [4.78, 5) is 39.7. The first-order valence-electron chi connectivity index (χ1n) is 13.7. The number of amides is 2. The van der Waals surface area contributed by atoms with Gasteiger partial charge >= 0.3 is 12.1 Å². The number of rotatable bonds is 9. The maximum atomic E-state index is 13.6. The maximum Gasteiger partial charge on any atom is 0.407 e. The SMILES string of the molecule is C[C@H](OCc1ccccc1)[C@@H](NC(=O)OCC1c2ccccc2-c2ccccc21)C(=O)N1CC2C(C1)C2C(=O)O. The van der Waals surface area contributed by atoms with E-state index in [0.717, 1.165) is 27.8 Å². The Hall–Kier alpha value is -4.17. The molecule has 1 heterocycles. The molecule has 2 aliphatic carbocycles. The number of likely N-dealkylation sites (tertiary alicyclic amines) is 1. The highest BCUT2D eigenvalue weighted by molar-refractivity contribution is 5.87. The van der Waals surface area contributed by atoms with E-state index in [2.05, 4.69) is 29.6 Å². The van der Waals surface area contributed by atoms with Gasteiger partial charge in [-0.3, -0.25) is 9.59 Å². The normalized spacial score (nSPS) is 22.0. The van der Waals surface area contributed by atoms with Crippen LogP contribution in [0.4, 0.5) is 4.79 Å². The molecule has 8 nitrogen and oxygen atoms in total. The number of carbonyl (C=O) groups is 3. The lowest BCUT2D eigenvalue weighted by Crippen LogP contribution is -2.54. The van der Waals surface area contributed by atoms with Crippen LogP contribution in [0.2, 0.25) is 0 Å². The number of hydrogen-bond acceptors (Lipinski definition) is 5. The van der Waals surface area contributed by atoms with Crippen LogP contribution in [0, 0.1) is 17.8 Å². The van der Waals surface area contributed by atoms with Crippen LogP contribution in [0.5, 0.6) is 0 Å². The minimum absolute atomic E-state index is 0.0305. The van der Waals surface area contributed by atoms with Gasteiger partial charge in [0, 0.05) is 19.0 Å². The van der Waals surface area contributed by atoms with Crippen molar-refractivity contribution in [3.8, 4) is 11.1 Å². The predicted octanol–water partition coefficient (Wildman–Crippen LogP) is 4.29. The molecule has 4 atom stereocenters. The molecule has 3 aliphatic rings. The first kappa shape index (κ1) is 26.1. The number of benzene rings is 3. The van der Waals surface area contributed by atoms with Gasteiger partial charge in [0.15, 0.2) is 0 Å². The van der Waals surface area contributed by atoms with Crippen molar-refractivity contribution in [1.82, 2.24) is 10.2 Å². The standard InChI is InChI=1S/C32H32N2O6/c1-19(39-17-20-9-3-2-4-10-20)29(30(35)34-15-25-26(16-34)28(25)31(36)37)33-32(38)40-18-27-23-13-7-5-11-21(23)22-12-6-8-14-24(22)27/h2-14,19,25-29H,15-18H2,1H3,(H,33,38)(H,36,37)/t19-,25?,26?,28?,29+/m0/s1. The third-order valence-corrected chi connectivity index (χ3v) is 8.50. The summed E-state index contributed by atoms with van der Waals surface area (Å²) in [6.45, 7) is 2.91. The Morgan fingerprint density at radius 2 is 1.48 bits per heavy atom. The van der Waals surface area contributed by atoms with Crippen molar-refractivity contribution in [2.45, 2.75) is 31.6 Å². The fourth-order valence-electron chi connectivity index (χ4n) is 6.31. The zero-order valence-corrected chi connectivity index (χ0v) is 22.2. The molecule has 2 amide bonds. The molecule has 2 unspecified atom stereocenters. The van der Waals surface area contributed by atoms with Gasteiger partial charge in [0.2, 0.25) is 5.91 Å². The van der Waals surface area contributed by atoms with Crippen LogP contribution in [0.15, 0.2) is 78.9 Å². The fraction of sp³-hybridized carbons (Fsp3) is 0.344. The quantitative estimate of drug-likeness (QED) is 0.420. The van der Waals surface area contributed by atoms with Crippen molar-refractivity contribution >= 4 is 18.0 Å². The molecular formula is C32H32N2O6. The van der Waals surface area contributed by atoms with Crippen molar-refractivity contribution < 1.29 is 29.0 Å². The van der Waals surface area contributed by atoms with Gasteiger partial charge in [-0.15, -0.1) is 0 Å². The van der Waals surface area contributed by atoms with E-state index >= 15 is 0 Å². The first-order valence-corrected chi connectivity index (χ1v) is 13.7. The molecule has 6 rings (SSSR count). The van der Waals surface area contributed by atoms with Gasteiger partial charge in [0.25, 0.3) is 0 Å². The summed E-state index contributed by atoms with van der Waals surface area (Å²) in [5.41, 5.74) is 5.43. The average Bonchev–Trinajstić information content (AvgIpc) is 3.32. The molecule has 2 fully saturated rings.